The molecule has 1 heterocycles. The Kier molecular flexibility index (Phi) is 7.78. The summed E-state index contributed by atoms with van der Waals surface area (Å²) in [6.07, 6.45) is 4.62. The minimum absolute atomic E-state index is 0.887. The minimum atomic E-state index is 0.887. The normalized spacial score (nSPS) is 12.8. The van der Waals surface area contributed by atoms with Crippen LogP contribution in [-0.2, 0) is 0 Å². The summed E-state index contributed by atoms with van der Waals surface area (Å²) in [5.41, 5.74) is 3.95. The Morgan fingerprint density at radius 1 is 0.900 bits per heavy atom. The van der Waals surface area contributed by atoms with Gasteiger partial charge in [-0.3, -0.25) is 9.98 Å². The lowest BCUT2D eigenvalue weighted by atomic mass is 10.2. The van der Waals surface area contributed by atoms with Crippen molar-refractivity contribution in [2.45, 2.75) is 53.4 Å². The topological polar surface area (TPSA) is 37.6 Å². The van der Waals surface area contributed by atoms with Gasteiger partial charge < -0.3 is 0 Å². The third-order valence-corrected chi connectivity index (χ3v) is 3.21. The van der Waals surface area contributed by atoms with E-state index in [0.29, 0.717) is 0 Å². The van der Waals surface area contributed by atoms with Crippen LogP contribution in [0.1, 0.15) is 64.8 Å². The van der Waals surface area contributed by atoms with Crippen molar-refractivity contribution in [2.75, 3.05) is 13.1 Å². The zero-order chi connectivity index (χ0) is 14.8. The van der Waals surface area contributed by atoms with Crippen LogP contribution in [0.15, 0.2) is 28.2 Å². The average Bonchev–Trinajstić information content (AvgIpc) is 2.47. The van der Waals surface area contributed by atoms with E-state index in [1.807, 2.05) is 32.0 Å². The van der Waals surface area contributed by atoms with E-state index in [9.17, 15) is 0 Å². The van der Waals surface area contributed by atoms with Crippen LogP contribution in [0.5, 0.6) is 0 Å². The average molecular weight is 273 g/mol. The maximum atomic E-state index is 4.67. The Morgan fingerprint density at radius 2 is 1.35 bits per heavy atom. The molecule has 0 aliphatic carbocycles. The SMILES string of the molecule is CCCC/N=C(\C)c1cccc(/C(C)=N/CCCC)n1. The number of hydrogen-bond acceptors (Lipinski definition) is 3. The Labute approximate surface area is 123 Å². The third kappa shape index (κ3) is 5.64. The van der Waals surface area contributed by atoms with E-state index < -0.39 is 0 Å². The molecule has 0 aromatic carbocycles. The molecule has 20 heavy (non-hydrogen) atoms. The smallest absolute Gasteiger partial charge is 0.0845 e. The number of unbranched alkanes of at least 4 members (excludes halogenated alkanes) is 2. The molecule has 3 nitrogen and oxygen atoms in total. The van der Waals surface area contributed by atoms with E-state index in [-0.39, 0.29) is 0 Å². The van der Waals surface area contributed by atoms with Gasteiger partial charge in [-0.1, -0.05) is 32.8 Å². The van der Waals surface area contributed by atoms with Gasteiger partial charge in [0.25, 0.3) is 0 Å². The van der Waals surface area contributed by atoms with Crippen molar-refractivity contribution in [1.82, 2.24) is 4.98 Å². The highest BCUT2D eigenvalue weighted by Crippen LogP contribution is 2.04. The van der Waals surface area contributed by atoms with Crippen LogP contribution in [0.3, 0.4) is 0 Å². The number of rotatable bonds is 8. The van der Waals surface area contributed by atoms with Crippen molar-refractivity contribution in [3.8, 4) is 0 Å². The van der Waals surface area contributed by atoms with Crippen molar-refractivity contribution in [3.63, 3.8) is 0 Å². The molecule has 0 saturated heterocycles. The Bertz CT molecular complexity index is 422. The molecule has 110 valence electrons. The molecule has 0 radical (unpaired) electrons. The molecule has 0 unspecified atom stereocenters. The summed E-state index contributed by atoms with van der Waals surface area (Å²) in [6.45, 7) is 10.2. The number of hydrogen-bond donors (Lipinski definition) is 0. The van der Waals surface area contributed by atoms with Gasteiger partial charge in [-0.05, 0) is 38.8 Å². The molecular weight excluding hydrogens is 246 g/mol. The van der Waals surface area contributed by atoms with Crippen molar-refractivity contribution in [1.29, 1.82) is 0 Å². The van der Waals surface area contributed by atoms with Crippen molar-refractivity contribution >= 4 is 11.4 Å². The largest absolute Gasteiger partial charge is 0.288 e. The standard InChI is InChI=1S/C17H27N3/c1-5-7-12-18-14(3)16-10-9-11-17(20-16)15(4)19-13-8-6-2/h9-11H,5-8,12-13H2,1-4H3/b18-14+,19-15+. The van der Waals surface area contributed by atoms with Crippen molar-refractivity contribution in [3.05, 3.63) is 29.6 Å². The van der Waals surface area contributed by atoms with Gasteiger partial charge in [0.05, 0.1) is 22.8 Å². The lowest BCUT2D eigenvalue weighted by Crippen LogP contribution is -2.06. The van der Waals surface area contributed by atoms with Crippen molar-refractivity contribution < 1.29 is 0 Å². The summed E-state index contributed by atoms with van der Waals surface area (Å²) < 4.78 is 0. The van der Waals surface area contributed by atoms with E-state index in [2.05, 4.69) is 28.8 Å². The first-order valence-corrected chi connectivity index (χ1v) is 7.69. The summed E-state index contributed by atoms with van der Waals surface area (Å²) >= 11 is 0. The second-order valence-corrected chi connectivity index (χ2v) is 5.05. The summed E-state index contributed by atoms with van der Waals surface area (Å²) in [5.74, 6) is 0. The first-order valence-electron chi connectivity index (χ1n) is 7.69. The quantitative estimate of drug-likeness (QED) is 0.514. The van der Waals surface area contributed by atoms with Crippen LogP contribution in [0.25, 0.3) is 0 Å². The minimum Gasteiger partial charge on any atom is -0.288 e. The number of aromatic nitrogens is 1. The molecule has 0 aliphatic heterocycles. The first kappa shape index (κ1) is 16.5. The number of aliphatic imine (C=N–C) groups is 2. The lowest BCUT2D eigenvalue weighted by Gasteiger charge is -2.05. The lowest BCUT2D eigenvalue weighted by molar-refractivity contribution is 0.806. The van der Waals surface area contributed by atoms with Crippen LogP contribution in [0.4, 0.5) is 0 Å². The highest BCUT2D eigenvalue weighted by atomic mass is 14.8. The highest BCUT2D eigenvalue weighted by Gasteiger charge is 2.03. The van der Waals surface area contributed by atoms with Crippen LogP contribution < -0.4 is 0 Å². The summed E-state index contributed by atoms with van der Waals surface area (Å²) in [5, 5.41) is 0. The number of pyridine rings is 1. The molecule has 0 saturated carbocycles. The molecule has 0 N–H and O–H groups in total. The van der Waals surface area contributed by atoms with Crippen molar-refractivity contribution in [2.24, 2.45) is 9.98 Å². The maximum absolute atomic E-state index is 4.67. The molecule has 1 aromatic rings. The van der Waals surface area contributed by atoms with E-state index in [1.165, 1.54) is 12.8 Å². The van der Waals surface area contributed by atoms with Gasteiger partial charge in [-0.2, -0.15) is 0 Å². The van der Waals surface area contributed by atoms with Crippen LogP contribution in [0, 0.1) is 0 Å². The zero-order valence-corrected chi connectivity index (χ0v) is 13.3. The van der Waals surface area contributed by atoms with Crippen LogP contribution >= 0.6 is 0 Å². The second-order valence-electron chi connectivity index (χ2n) is 5.05. The fourth-order valence-corrected chi connectivity index (χ4v) is 1.81. The van der Waals surface area contributed by atoms with E-state index in [0.717, 1.165) is 48.7 Å². The molecule has 0 aliphatic rings. The van der Waals surface area contributed by atoms with Crippen LogP contribution in [-0.4, -0.2) is 29.5 Å². The molecule has 1 aromatic heterocycles. The molecule has 3 heteroatoms. The third-order valence-electron chi connectivity index (χ3n) is 3.21. The van der Waals surface area contributed by atoms with Gasteiger partial charge in [0.15, 0.2) is 0 Å². The molecule has 1 rings (SSSR count). The van der Waals surface area contributed by atoms with Gasteiger partial charge in [-0.25, -0.2) is 4.98 Å². The monoisotopic (exact) mass is 273 g/mol. The van der Waals surface area contributed by atoms with Gasteiger partial charge in [-0.15, -0.1) is 0 Å². The molecule has 0 bridgehead atoms. The number of nitrogens with zero attached hydrogens (tertiary/aromatic N) is 3. The Balaban J connectivity index is 2.79. The van der Waals surface area contributed by atoms with Gasteiger partial charge in [0.1, 0.15) is 0 Å². The second kappa shape index (κ2) is 9.40. The van der Waals surface area contributed by atoms with E-state index in [1.54, 1.807) is 0 Å². The van der Waals surface area contributed by atoms with Gasteiger partial charge in [0.2, 0.25) is 0 Å². The molecular formula is C17H27N3. The Hall–Kier alpha value is -1.51. The fourth-order valence-electron chi connectivity index (χ4n) is 1.81. The molecule has 0 fully saturated rings. The predicted molar refractivity (Wildman–Crippen MR) is 88.2 cm³/mol. The summed E-state index contributed by atoms with van der Waals surface area (Å²) in [7, 11) is 0. The molecule has 0 spiro atoms. The Morgan fingerprint density at radius 3 is 1.75 bits per heavy atom. The van der Waals surface area contributed by atoms with E-state index in [4.69, 9.17) is 0 Å². The maximum Gasteiger partial charge on any atom is 0.0845 e. The van der Waals surface area contributed by atoms with Gasteiger partial charge >= 0.3 is 0 Å². The fraction of sp³-hybridized carbons (Fsp3) is 0.588. The molecule has 0 atom stereocenters. The first-order chi connectivity index (χ1) is 9.69. The van der Waals surface area contributed by atoms with Crippen LogP contribution in [0.2, 0.25) is 0 Å². The van der Waals surface area contributed by atoms with E-state index >= 15 is 0 Å². The molecule has 0 amide bonds. The zero-order valence-electron chi connectivity index (χ0n) is 13.3. The predicted octanol–water partition coefficient (Wildman–Crippen LogP) is 4.30. The summed E-state index contributed by atoms with van der Waals surface area (Å²) in [6, 6.07) is 6.08. The summed E-state index contributed by atoms with van der Waals surface area (Å²) in [4.78, 5) is 13.8. The highest BCUT2D eigenvalue weighted by molar-refractivity contribution is 6.00. The van der Waals surface area contributed by atoms with Gasteiger partial charge in [0, 0.05) is 13.1 Å².